The largest absolute Gasteiger partial charge is 0.508 e. The van der Waals surface area contributed by atoms with Crippen molar-refractivity contribution in [2.45, 2.75) is 24.4 Å². The molecule has 3 atom stereocenters. The first-order valence-corrected chi connectivity index (χ1v) is 12.7. The number of likely N-dealkylation sites (N-methyl/N-ethyl adjacent to an activating group) is 1. The topological polar surface area (TPSA) is 195 Å². The number of carbonyl (C=O) groups excluding carboxylic acids is 5. The molecule has 4 rings (SSSR count). The molecule has 0 spiro atoms. The average Bonchev–Trinajstić information content (AvgIpc) is 3.27. The Morgan fingerprint density at radius 2 is 1.84 bits per heavy atom. The quantitative estimate of drug-likeness (QED) is 0.205. The van der Waals surface area contributed by atoms with Crippen LogP contribution in [0.4, 0.5) is 4.79 Å². The van der Waals surface area contributed by atoms with E-state index in [1.54, 1.807) is 6.92 Å². The molecule has 0 aliphatic carbocycles. The van der Waals surface area contributed by atoms with Crippen molar-refractivity contribution in [2.24, 2.45) is 0 Å². The molecule has 3 heterocycles. The van der Waals surface area contributed by atoms with E-state index in [-0.39, 0.29) is 36.7 Å². The van der Waals surface area contributed by atoms with Gasteiger partial charge in [-0.3, -0.25) is 19.3 Å². The SMILES string of the molecule is CCN1CCN(C(=O)N[C@@H](C(=O)N[C@@H](C(=O)O)C2NC3=C(COC3=O)CS2)c2ccc(O)cc2)C(=O)C1=O. The number of aliphatic carboxylic acids is 1. The highest BCUT2D eigenvalue weighted by Crippen LogP contribution is 2.29. The number of esters is 1. The molecule has 3 aliphatic heterocycles. The van der Waals surface area contributed by atoms with Gasteiger partial charge in [0, 0.05) is 31.0 Å². The van der Waals surface area contributed by atoms with Crippen LogP contribution in [0.15, 0.2) is 35.5 Å². The van der Waals surface area contributed by atoms with Gasteiger partial charge in [-0.1, -0.05) is 12.1 Å². The number of rotatable bonds is 7. The van der Waals surface area contributed by atoms with Gasteiger partial charge in [-0.2, -0.15) is 0 Å². The molecule has 15 heteroatoms. The molecule has 1 unspecified atom stereocenters. The first kappa shape index (κ1) is 26.8. The summed E-state index contributed by atoms with van der Waals surface area (Å²) >= 11 is 1.16. The highest BCUT2D eigenvalue weighted by Gasteiger charge is 2.41. The Balaban J connectivity index is 1.54. The lowest BCUT2D eigenvalue weighted by molar-refractivity contribution is -0.153. The molecule has 5 amide bonds. The molecule has 1 aromatic rings. The lowest BCUT2D eigenvalue weighted by Crippen LogP contribution is -2.60. The number of carboxylic acids is 1. The molecule has 0 radical (unpaired) electrons. The van der Waals surface area contributed by atoms with Gasteiger partial charge in [-0.25, -0.2) is 14.4 Å². The van der Waals surface area contributed by atoms with Gasteiger partial charge in [0.1, 0.15) is 29.5 Å². The smallest absolute Gasteiger partial charge is 0.354 e. The molecule has 0 bridgehead atoms. The van der Waals surface area contributed by atoms with Gasteiger partial charge in [-0.15, -0.1) is 11.8 Å². The zero-order valence-corrected chi connectivity index (χ0v) is 20.9. The van der Waals surface area contributed by atoms with Crippen LogP contribution in [-0.2, 0) is 28.7 Å². The van der Waals surface area contributed by atoms with Gasteiger partial charge >= 0.3 is 29.8 Å². The van der Waals surface area contributed by atoms with Crippen molar-refractivity contribution >= 4 is 47.5 Å². The summed E-state index contributed by atoms with van der Waals surface area (Å²) in [5.74, 6) is -4.66. The van der Waals surface area contributed by atoms with Crippen LogP contribution >= 0.6 is 11.8 Å². The minimum Gasteiger partial charge on any atom is -0.508 e. The summed E-state index contributed by atoms with van der Waals surface area (Å²) in [6.07, 6.45) is 0. The van der Waals surface area contributed by atoms with Crippen LogP contribution in [0, 0.1) is 0 Å². The number of carboxylic acid groups (broad SMARTS) is 1. The normalized spacial score (nSPS) is 20.8. The summed E-state index contributed by atoms with van der Waals surface area (Å²) in [7, 11) is 0. The second kappa shape index (κ2) is 11.0. The number of thioether (sulfide) groups is 1. The third-order valence-electron chi connectivity index (χ3n) is 6.22. The first-order chi connectivity index (χ1) is 18.1. The maximum atomic E-state index is 13.4. The van der Waals surface area contributed by atoms with Gasteiger partial charge in [0.25, 0.3) is 0 Å². The van der Waals surface area contributed by atoms with Gasteiger partial charge in [0.05, 0.1) is 0 Å². The lowest BCUT2D eigenvalue weighted by atomic mass is 10.1. The minimum absolute atomic E-state index is 0.0951. The minimum atomic E-state index is -1.53. The Hall–Kier alpha value is -4.27. The number of cyclic esters (lactones) is 1. The third kappa shape index (κ3) is 5.37. The molecule has 202 valence electrons. The van der Waals surface area contributed by atoms with Crippen molar-refractivity contribution in [3.05, 3.63) is 41.1 Å². The van der Waals surface area contributed by atoms with Crippen molar-refractivity contribution in [3.63, 3.8) is 0 Å². The van der Waals surface area contributed by atoms with Crippen LogP contribution in [0.5, 0.6) is 5.75 Å². The summed E-state index contributed by atoms with van der Waals surface area (Å²) in [4.78, 5) is 77.1. The zero-order valence-electron chi connectivity index (χ0n) is 20.1. The second-order valence-electron chi connectivity index (χ2n) is 8.57. The fraction of sp³-hybridized carbons (Fsp3) is 0.391. The Bertz CT molecular complexity index is 1220. The zero-order chi connectivity index (χ0) is 27.6. The summed E-state index contributed by atoms with van der Waals surface area (Å²) in [6.45, 7) is 2.11. The highest BCUT2D eigenvalue weighted by molar-refractivity contribution is 8.00. The number of phenols is 1. The van der Waals surface area contributed by atoms with E-state index in [9.17, 15) is 39.0 Å². The number of nitrogens with zero attached hydrogens (tertiary/aromatic N) is 2. The number of carbonyl (C=O) groups is 6. The van der Waals surface area contributed by atoms with E-state index in [1.807, 2.05) is 0 Å². The van der Waals surface area contributed by atoms with E-state index in [4.69, 9.17) is 4.74 Å². The van der Waals surface area contributed by atoms with Crippen LogP contribution in [0.1, 0.15) is 18.5 Å². The molecule has 1 fully saturated rings. The second-order valence-corrected chi connectivity index (χ2v) is 9.70. The number of hydrogen-bond acceptors (Lipinski definition) is 10. The van der Waals surface area contributed by atoms with Crippen molar-refractivity contribution in [2.75, 3.05) is 32.0 Å². The predicted octanol–water partition coefficient (Wildman–Crippen LogP) is -1.12. The van der Waals surface area contributed by atoms with Gasteiger partial charge in [0.15, 0.2) is 6.04 Å². The van der Waals surface area contributed by atoms with E-state index >= 15 is 0 Å². The molecule has 0 aromatic heterocycles. The number of hydrogen-bond donors (Lipinski definition) is 5. The number of amides is 5. The van der Waals surface area contributed by atoms with E-state index in [0.29, 0.717) is 22.8 Å². The van der Waals surface area contributed by atoms with Crippen LogP contribution in [0.25, 0.3) is 0 Å². The third-order valence-corrected chi connectivity index (χ3v) is 7.48. The summed E-state index contributed by atoms with van der Waals surface area (Å²) in [5.41, 5.74) is 1.02. The van der Waals surface area contributed by atoms with Crippen LogP contribution < -0.4 is 16.0 Å². The molecule has 3 aliphatic rings. The highest BCUT2D eigenvalue weighted by atomic mass is 32.2. The van der Waals surface area contributed by atoms with Crippen molar-refractivity contribution in [1.82, 2.24) is 25.8 Å². The molecule has 14 nitrogen and oxygen atoms in total. The van der Waals surface area contributed by atoms with E-state index in [2.05, 4.69) is 16.0 Å². The number of nitrogens with one attached hydrogen (secondary N) is 3. The Labute approximate surface area is 220 Å². The fourth-order valence-corrected chi connectivity index (χ4v) is 5.30. The fourth-order valence-electron chi connectivity index (χ4n) is 4.11. The maximum Gasteiger partial charge on any atom is 0.354 e. The lowest BCUT2D eigenvalue weighted by Gasteiger charge is -2.33. The van der Waals surface area contributed by atoms with Crippen molar-refractivity contribution < 1.29 is 43.7 Å². The number of phenolic OH excluding ortho intramolecular Hbond substituents is 1. The molecule has 0 saturated carbocycles. The maximum absolute atomic E-state index is 13.4. The number of ether oxygens (including phenoxy) is 1. The Morgan fingerprint density at radius 1 is 1.13 bits per heavy atom. The Morgan fingerprint density at radius 3 is 2.50 bits per heavy atom. The summed E-state index contributed by atoms with van der Waals surface area (Å²) in [6, 6.07) is 1.19. The molecule has 5 N–H and O–H groups in total. The van der Waals surface area contributed by atoms with E-state index < -0.39 is 53.1 Å². The van der Waals surface area contributed by atoms with Gasteiger partial charge < -0.3 is 35.8 Å². The molecule has 38 heavy (non-hydrogen) atoms. The monoisotopic (exact) mass is 547 g/mol. The van der Waals surface area contributed by atoms with Crippen LogP contribution in [-0.4, -0.2) is 99.1 Å². The molecular weight excluding hydrogens is 522 g/mol. The number of aromatic hydroxyl groups is 1. The van der Waals surface area contributed by atoms with Crippen molar-refractivity contribution in [1.29, 1.82) is 0 Å². The van der Waals surface area contributed by atoms with Crippen LogP contribution in [0.3, 0.4) is 0 Å². The van der Waals surface area contributed by atoms with Gasteiger partial charge in [-0.05, 0) is 24.6 Å². The van der Waals surface area contributed by atoms with E-state index in [1.165, 1.54) is 29.2 Å². The number of benzene rings is 1. The number of imide groups is 1. The predicted molar refractivity (Wildman–Crippen MR) is 130 cm³/mol. The number of urea groups is 1. The molecule has 1 saturated heterocycles. The van der Waals surface area contributed by atoms with Crippen molar-refractivity contribution in [3.8, 4) is 5.75 Å². The van der Waals surface area contributed by atoms with E-state index in [0.717, 1.165) is 11.8 Å². The Kier molecular flexibility index (Phi) is 7.75. The van der Waals surface area contributed by atoms with Gasteiger partial charge in [0.2, 0.25) is 5.91 Å². The summed E-state index contributed by atoms with van der Waals surface area (Å²) in [5, 5.41) is 26.2. The number of piperazine rings is 1. The standard InChI is InChI=1S/C23H25N5O9S/c1-2-27-7-8-28(20(32)19(27)31)23(36)26-14(11-3-5-13(29)6-4-11)17(30)24-16(21(33)34)18-25-15-12(10-38-18)9-37-22(15)35/h3-6,14,16,18,25,29H,2,7-10H2,1H3,(H,24,30)(H,26,36)(H,33,34)/t14-,16-,18?/m1/s1. The first-order valence-electron chi connectivity index (χ1n) is 11.6. The summed E-state index contributed by atoms with van der Waals surface area (Å²) < 4.78 is 4.96. The molecule has 1 aromatic carbocycles. The van der Waals surface area contributed by atoms with Crippen LogP contribution in [0.2, 0.25) is 0 Å². The molecular formula is C23H25N5O9S. The average molecular weight is 548 g/mol.